The van der Waals surface area contributed by atoms with E-state index in [1.54, 1.807) is 24.6 Å². The van der Waals surface area contributed by atoms with Crippen LogP contribution in [0.2, 0.25) is 4.59 Å². The minimum atomic E-state index is -0.347. The number of hydrogen-bond donors (Lipinski definition) is 0. The zero-order valence-corrected chi connectivity index (χ0v) is 5.39. The molecule has 1 atom stereocenters. The van der Waals surface area contributed by atoms with E-state index < -0.39 is 0 Å². The van der Waals surface area contributed by atoms with Crippen LogP contribution in [0.5, 0.6) is 0 Å². The van der Waals surface area contributed by atoms with Crippen molar-refractivity contribution < 1.29 is 9.59 Å². The van der Waals surface area contributed by atoms with E-state index >= 15 is 0 Å². The predicted octanol–water partition coefficient (Wildman–Crippen LogP) is 0.121. The summed E-state index contributed by atoms with van der Waals surface area (Å²) < 4.78 is -0.146. The van der Waals surface area contributed by atoms with E-state index in [9.17, 15) is 9.59 Å². The average molecular weight is 106 g/mol. The number of rotatable bonds is 2. The molecule has 0 aromatic heterocycles. The number of carbonyl (C=O) groups excluding carboxylic acids is 2. The summed E-state index contributed by atoms with van der Waals surface area (Å²) in [6, 6.07) is 0. The summed E-state index contributed by atoms with van der Waals surface area (Å²) in [5, 5.41) is 0. The van der Waals surface area contributed by atoms with Crippen LogP contribution >= 0.6 is 0 Å². The summed E-state index contributed by atoms with van der Waals surface area (Å²) in [7, 11) is 0. The molecule has 0 spiro atoms. The van der Waals surface area contributed by atoms with Crippen molar-refractivity contribution >= 4 is 29.3 Å². The molecule has 3 heteroatoms. The van der Waals surface area contributed by atoms with Gasteiger partial charge in [-0.2, -0.15) is 0 Å². The van der Waals surface area contributed by atoms with Crippen molar-refractivity contribution in [2.45, 2.75) is 18.4 Å². The Kier molecular flexibility index (Phi) is 3.04. The molecule has 2 nitrogen and oxygen atoms in total. The molecule has 0 aliphatic rings. The summed E-state index contributed by atoms with van der Waals surface area (Å²) in [6.07, 6.45) is 0. The van der Waals surface area contributed by atoms with Gasteiger partial charge in [-0.05, 0) is 0 Å². The van der Waals surface area contributed by atoms with Gasteiger partial charge in [-0.15, -0.1) is 0 Å². The predicted molar refractivity (Wildman–Crippen MR) is 30.9 cm³/mol. The van der Waals surface area contributed by atoms with Crippen molar-refractivity contribution in [1.82, 2.24) is 0 Å². The van der Waals surface area contributed by atoms with Gasteiger partial charge in [-0.1, -0.05) is 0 Å². The normalized spacial score (nSPS) is 13.0. The molecule has 0 aromatic carbocycles. The summed E-state index contributed by atoms with van der Waals surface area (Å²) in [4.78, 5) is 20.7. The van der Waals surface area contributed by atoms with Crippen molar-refractivity contribution in [1.29, 1.82) is 0 Å². The van der Waals surface area contributed by atoms with Gasteiger partial charge in [0, 0.05) is 0 Å². The van der Waals surface area contributed by atoms with Crippen LogP contribution in [-0.2, 0) is 9.59 Å². The molecular formula is C5H7LiO2. The molecule has 1 unspecified atom stereocenters. The molecule has 0 aromatic rings. The Labute approximate surface area is 57.8 Å². The molecule has 0 saturated heterocycles. The fourth-order valence-corrected chi connectivity index (χ4v) is 0.407. The van der Waals surface area contributed by atoms with Crippen LogP contribution in [0.3, 0.4) is 0 Å². The van der Waals surface area contributed by atoms with Gasteiger partial charge < -0.3 is 0 Å². The van der Waals surface area contributed by atoms with Crippen LogP contribution in [0.4, 0.5) is 0 Å². The van der Waals surface area contributed by atoms with Gasteiger partial charge in [0.05, 0.1) is 0 Å². The SMILES string of the molecule is [Li][CH](C)C(=O)C(C)=O. The van der Waals surface area contributed by atoms with Crippen molar-refractivity contribution in [2.75, 3.05) is 0 Å². The third kappa shape index (κ3) is 2.30. The van der Waals surface area contributed by atoms with Crippen molar-refractivity contribution in [3.05, 3.63) is 0 Å². The maximum absolute atomic E-state index is 10.5. The monoisotopic (exact) mass is 106 g/mol. The van der Waals surface area contributed by atoms with Crippen molar-refractivity contribution in [2.24, 2.45) is 0 Å². The number of carbonyl (C=O) groups is 2. The molecule has 0 rings (SSSR count). The van der Waals surface area contributed by atoms with Crippen LogP contribution < -0.4 is 0 Å². The van der Waals surface area contributed by atoms with Crippen molar-refractivity contribution in [3.63, 3.8) is 0 Å². The van der Waals surface area contributed by atoms with E-state index in [4.69, 9.17) is 0 Å². The van der Waals surface area contributed by atoms with E-state index in [1.165, 1.54) is 6.92 Å². The third-order valence-electron chi connectivity index (χ3n) is 0.871. The standard InChI is InChI=1S/C5H7O2.Li/c1-3-5(7)4(2)6;/h3H,1-2H3;. The Morgan fingerprint density at radius 1 is 1.50 bits per heavy atom. The van der Waals surface area contributed by atoms with Crippen LogP contribution in [0, 0.1) is 0 Å². The molecule has 0 amide bonds. The minimum absolute atomic E-state index is 0.146. The second-order valence-electron chi connectivity index (χ2n) is 2.08. The van der Waals surface area contributed by atoms with Crippen LogP contribution in [-0.4, -0.2) is 29.3 Å². The second-order valence-corrected chi connectivity index (χ2v) is 2.08. The van der Waals surface area contributed by atoms with E-state index in [0.717, 1.165) is 0 Å². The molecule has 0 radical (unpaired) electrons. The van der Waals surface area contributed by atoms with Gasteiger partial charge in [0.1, 0.15) is 0 Å². The molecule has 8 heavy (non-hydrogen) atoms. The van der Waals surface area contributed by atoms with Gasteiger partial charge in [0.15, 0.2) is 0 Å². The van der Waals surface area contributed by atoms with Gasteiger partial charge in [-0.3, -0.25) is 0 Å². The summed E-state index contributed by atoms with van der Waals surface area (Å²) in [6.45, 7) is 3.01. The molecule has 0 aliphatic carbocycles. The Morgan fingerprint density at radius 3 is 1.88 bits per heavy atom. The first-order valence-corrected chi connectivity index (χ1v) is 2.60. The fraction of sp³-hybridized carbons (Fsp3) is 0.600. The summed E-state index contributed by atoms with van der Waals surface area (Å²) >= 11 is 1.71. The Hall–Kier alpha value is -0.0626. The van der Waals surface area contributed by atoms with Crippen LogP contribution in [0.25, 0.3) is 0 Å². The number of hydrogen-bond acceptors (Lipinski definition) is 2. The van der Waals surface area contributed by atoms with Crippen LogP contribution in [0.1, 0.15) is 13.8 Å². The molecule has 0 aliphatic heterocycles. The quantitative estimate of drug-likeness (QED) is 0.370. The van der Waals surface area contributed by atoms with E-state index in [1.807, 2.05) is 0 Å². The van der Waals surface area contributed by atoms with E-state index in [2.05, 4.69) is 0 Å². The number of Topliss-reactive ketones (excluding diaryl/α,β-unsaturated/α-hetero) is 2. The van der Waals surface area contributed by atoms with E-state index in [-0.39, 0.29) is 16.2 Å². The molecule has 0 fully saturated rings. The molecular weight excluding hydrogens is 99.0 g/mol. The van der Waals surface area contributed by atoms with E-state index in [0.29, 0.717) is 0 Å². The van der Waals surface area contributed by atoms with Crippen molar-refractivity contribution in [3.8, 4) is 0 Å². The first-order chi connectivity index (χ1) is 3.55. The van der Waals surface area contributed by atoms with Gasteiger partial charge in [-0.25, -0.2) is 0 Å². The molecule has 40 valence electrons. The van der Waals surface area contributed by atoms with Gasteiger partial charge in [0.2, 0.25) is 0 Å². The molecule has 0 heterocycles. The topological polar surface area (TPSA) is 34.1 Å². The summed E-state index contributed by atoms with van der Waals surface area (Å²) in [5.74, 6) is -0.634. The zero-order valence-electron chi connectivity index (χ0n) is 5.39. The first kappa shape index (κ1) is 7.94. The molecule has 0 N–H and O–H groups in total. The molecule has 0 bridgehead atoms. The van der Waals surface area contributed by atoms with Gasteiger partial charge >= 0.3 is 57.3 Å². The summed E-state index contributed by atoms with van der Waals surface area (Å²) in [5.41, 5.74) is 0. The first-order valence-electron chi connectivity index (χ1n) is 2.60. The zero-order chi connectivity index (χ0) is 6.73. The fourth-order valence-electron chi connectivity index (χ4n) is 0.407. The average Bonchev–Trinajstić information content (AvgIpc) is 1.64. The Bertz CT molecular complexity index is 118. The van der Waals surface area contributed by atoms with Gasteiger partial charge in [0.25, 0.3) is 0 Å². The maximum atomic E-state index is 10.5. The number of ketones is 2. The second kappa shape index (κ2) is 3.06. The Morgan fingerprint density at radius 2 is 1.88 bits per heavy atom. The van der Waals surface area contributed by atoms with Crippen LogP contribution in [0.15, 0.2) is 0 Å². The third-order valence-corrected chi connectivity index (χ3v) is 0.871. The Balaban J connectivity index is 3.84. The molecule has 0 saturated carbocycles.